The van der Waals surface area contributed by atoms with E-state index in [2.05, 4.69) is 25.5 Å². The number of aliphatic hydroxyl groups is 1. The molecule has 33 heavy (non-hydrogen) atoms. The molecule has 1 saturated heterocycles. The van der Waals surface area contributed by atoms with E-state index in [1.54, 1.807) is 0 Å². The molecule has 1 aromatic heterocycles. The van der Waals surface area contributed by atoms with Gasteiger partial charge < -0.3 is 26.4 Å². The number of halogens is 1. The number of aryl methyl sites for hydroxylation is 1. The Morgan fingerprint density at radius 2 is 1.85 bits per heavy atom. The van der Waals surface area contributed by atoms with Crippen molar-refractivity contribution >= 4 is 46.3 Å². The van der Waals surface area contributed by atoms with E-state index in [1.807, 2.05) is 25.1 Å². The average molecular weight is 473 g/mol. The zero-order chi connectivity index (χ0) is 23.5. The number of nitrogens with two attached hydrogens (primary N) is 1. The van der Waals surface area contributed by atoms with E-state index in [0.29, 0.717) is 50.4 Å². The van der Waals surface area contributed by atoms with Crippen LogP contribution in [0.5, 0.6) is 0 Å². The number of carbonyl (C=O) groups excluding carboxylic acids is 2. The molecule has 2 heterocycles. The minimum atomic E-state index is -0.731. The molecule has 0 atom stereocenters. The van der Waals surface area contributed by atoms with Crippen LogP contribution in [0.1, 0.15) is 54.6 Å². The van der Waals surface area contributed by atoms with Crippen molar-refractivity contribution in [3.63, 3.8) is 0 Å². The van der Waals surface area contributed by atoms with Gasteiger partial charge in [0.2, 0.25) is 0 Å². The fourth-order valence-corrected chi connectivity index (χ4v) is 4.58. The first-order valence-electron chi connectivity index (χ1n) is 11.3. The predicted molar refractivity (Wildman–Crippen MR) is 128 cm³/mol. The lowest BCUT2D eigenvalue weighted by Crippen LogP contribution is -2.34. The van der Waals surface area contributed by atoms with Crippen LogP contribution >= 0.6 is 11.6 Å². The number of piperidine rings is 1. The van der Waals surface area contributed by atoms with Crippen LogP contribution in [0.15, 0.2) is 18.2 Å². The topological polar surface area (TPSA) is 133 Å². The molecule has 2 aliphatic rings. The number of aliphatic hydroxyl groups excluding tert-OH is 1. The van der Waals surface area contributed by atoms with Gasteiger partial charge in [-0.1, -0.05) is 11.6 Å². The van der Waals surface area contributed by atoms with Gasteiger partial charge in [0.05, 0.1) is 6.10 Å². The first-order chi connectivity index (χ1) is 15.8. The number of anilines is 4. The molecule has 5 N–H and O–H groups in total. The number of nitrogens with one attached hydrogen (secondary N) is 2. The van der Waals surface area contributed by atoms with Crippen molar-refractivity contribution < 1.29 is 14.7 Å². The monoisotopic (exact) mass is 472 g/mol. The average Bonchev–Trinajstić information content (AvgIpc) is 2.78. The van der Waals surface area contributed by atoms with Gasteiger partial charge in [-0.3, -0.25) is 9.59 Å². The molecule has 1 saturated carbocycles. The number of primary amides is 1. The maximum absolute atomic E-state index is 12.0. The Balaban J connectivity index is 1.55. The maximum atomic E-state index is 12.0. The number of benzene rings is 1. The van der Waals surface area contributed by atoms with E-state index in [-0.39, 0.29) is 28.8 Å². The lowest BCUT2D eigenvalue weighted by molar-refractivity contribution is -0.119. The molecule has 9 nitrogen and oxygen atoms in total. The van der Waals surface area contributed by atoms with Crippen molar-refractivity contribution in [2.75, 3.05) is 28.6 Å². The first kappa shape index (κ1) is 23.3. The third kappa shape index (κ3) is 5.54. The Morgan fingerprint density at radius 1 is 1.15 bits per heavy atom. The van der Waals surface area contributed by atoms with Gasteiger partial charge in [-0.15, -0.1) is 0 Å². The number of nitrogens with zero attached hydrogens (tertiary/aromatic N) is 3. The highest BCUT2D eigenvalue weighted by atomic mass is 35.5. The SMILES string of the molecule is Cc1cc(Nc2nc(N[C@H]3CC[C@H](O)CC3)c(Cl)nc2C(N)=O)ccc1N1CCC(=O)CC1. The highest BCUT2D eigenvalue weighted by molar-refractivity contribution is 6.32. The van der Waals surface area contributed by atoms with Crippen LogP contribution in [-0.2, 0) is 4.79 Å². The lowest BCUT2D eigenvalue weighted by atomic mass is 9.93. The summed E-state index contributed by atoms with van der Waals surface area (Å²) in [5.74, 6) is 0.166. The summed E-state index contributed by atoms with van der Waals surface area (Å²) in [5.41, 5.74) is 8.33. The van der Waals surface area contributed by atoms with Crippen molar-refractivity contribution in [1.82, 2.24) is 9.97 Å². The molecule has 2 aromatic rings. The number of aromatic nitrogens is 2. The predicted octanol–water partition coefficient (Wildman–Crippen LogP) is 3.17. The molecule has 176 valence electrons. The van der Waals surface area contributed by atoms with Crippen LogP contribution in [0.4, 0.5) is 23.0 Å². The summed E-state index contributed by atoms with van der Waals surface area (Å²) < 4.78 is 0. The number of hydrogen-bond donors (Lipinski definition) is 4. The molecule has 1 aliphatic carbocycles. The normalized spacial score (nSPS) is 21.1. The summed E-state index contributed by atoms with van der Waals surface area (Å²) in [6, 6.07) is 5.97. The summed E-state index contributed by atoms with van der Waals surface area (Å²) in [6.07, 6.45) is 3.88. The summed E-state index contributed by atoms with van der Waals surface area (Å²) in [6.45, 7) is 3.44. The fourth-order valence-electron chi connectivity index (χ4n) is 4.40. The van der Waals surface area contributed by atoms with Crippen molar-refractivity contribution in [2.24, 2.45) is 5.73 Å². The molecule has 0 unspecified atom stereocenters. The second kappa shape index (κ2) is 9.93. The van der Waals surface area contributed by atoms with E-state index < -0.39 is 5.91 Å². The maximum Gasteiger partial charge on any atom is 0.271 e. The smallest absolute Gasteiger partial charge is 0.271 e. The van der Waals surface area contributed by atoms with Crippen molar-refractivity contribution in [2.45, 2.75) is 57.6 Å². The van der Waals surface area contributed by atoms with Crippen LogP contribution in [0.2, 0.25) is 5.15 Å². The number of ketones is 1. The van der Waals surface area contributed by atoms with E-state index in [4.69, 9.17) is 17.3 Å². The van der Waals surface area contributed by atoms with Crippen LogP contribution in [-0.4, -0.2) is 52.0 Å². The van der Waals surface area contributed by atoms with Gasteiger partial charge in [0, 0.05) is 43.3 Å². The van der Waals surface area contributed by atoms with Gasteiger partial charge in [-0.05, 0) is 56.4 Å². The van der Waals surface area contributed by atoms with Gasteiger partial charge in [0.1, 0.15) is 5.78 Å². The second-order valence-electron chi connectivity index (χ2n) is 8.73. The highest BCUT2D eigenvalue weighted by Gasteiger charge is 2.23. The van der Waals surface area contributed by atoms with Gasteiger partial charge in [0.25, 0.3) is 5.91 Å². The molecule has 4 rings (SSSR count). The molecule has 0 bridgehead atoms. The van der Waals surface area contributed by atoms with E-state index in [9.17, 15) is 14.7 Å². The molecule has 10 heteroatoms. The zero-order valence-corrected chi connectivity index (χ0v) is 19.4. The van der Waals surface area contributed by atoms with Crippen molar-refractivity contribution in [3.05, 3.63) is 34.6 Å². The molecular formula is C23H29ClN6O3. The Hall–Kier alpha value is -2.91. The summed E-state index contributed by atoms with van der Waals surface area (Å²) in [5, 5.41) is 16.2. The largest absolute Gasteiger partial charge is 0.393 e. The van der Waals surface area contributed by atoms with Crippen molar-refractivity contribution in [1.29, 1.82) is 0 Å². The van der Waals surface area contributed by atoms with E-state index in [1.165, 1.54) is 0 Å². The lowest BCUT2D eigenvalue weighted by Gasteiger charge is -2.29. The Bertz CT molecular complexity index is 1040. The highest BCUT2D eigenvalue weighted by Crippen LogP contribution is 2.30. The van der Waals surface area contributed by atoms with Crippen LogP contribution in [0.3, 0.4) is 0 Å². The number of Topliss-reactive ketones (excluding diaryl/α,β-unsaturated/α-hetero) is 1. The van der Waals surface area contributed by atoms with E-state index >= 15 is 0 Å². The molecule has 0 radical (unpaired) electrons. The summed E-state index contributed by atoms with van der Waals surface area (Å²) in [4.78, 5) is 34.5. The molecule has 1 aromatic carbocycles. The third-order valence-electron chi connectivity index (χ3n) is 6.25. The van der Waals surface area contributed by atoms with Gasteiger partial charge in [0.15, 0.2) is 22.5 Å². The Labute approximate surface area is 197 Å². The zero-order valence-electron chi connectivity index (χ0n) is 18.6. The minimum absolute atomic E-state index is 0.0408. The number of hydrogen-bond acceptors (Lipinski definition) is 8. The van der Waals surface area contributed by atoms with Crippen molar-refractivity contribution in [3.8, 4) is 0 Å². The summed E-state index contributed by atoms with van der Waals surface area (Å²) >= 11 is 6.29. The number of carbonyl (C=O) groups is 2. The standard InChI is InChI=1S/C23H29ClN6O3/c1-13-12-15(4-7-18(13)30-10-8-17(32)9-11-30)27-22-19(21(25)33)28-20(24)23(29-22)26-14-2-5-16(31)6-3-14/h4,7,12,14,16,31H,2-3,5-6,8-11H2,1H3,(H2,25,33)(H2,26,27,29)/t14-,16-. The third-order valence-corrected chi connectivity index (χ3v) is 6.51. The molecule has 1 aliphatic heterocycles. The summed E-state index contributed by atoms with van der Waals surface area (Å²) in [7, 11) is 0. The molecule has 1 amide bonds. The fraction of sp³-hybridized carbons (Fsp3) is 0.478. The second-order valence-corrected chi connectivity index (χ2v) is 9.08. The van der Waals surface area contributed by atoms with Crippen LogP contribution < -0.4 is 21.3 Å². The quantitative estimate of drug-likeness (QED) is 0.503. The van der Waals surface area contributed by atoms with Crippen LogP contribution in [0, 0.1) is 6.92 Å². The Kier molecular flexibility index (Phi) is 6.99. The Morgan fingerprint density at radius 3 is 2.48 bits per heavy atom. The van der Waals surface area contributed by atoms with Gasteiger partial charge >= 0.3 is 0 Å². The first-order valence-corrected chi connectivity index (χ1v) is 11.6. The molecular weight excluding hydrogens is 444 g/mol. The van der Waals surface area contributed by atoms with E-state index in [0.717, 1.165) is 29.8 Å². The van der Waals surface area contributed by atoms with Crippen LogP contribution in [0.25, 0.3) is 0 Å². The van der Waals surface area contributed by atoms with Gasteiger partial charge in [-0.25, -0.2) is 9.97 Å². The van der Waals surface area contributed by atoms with Gasteiger partial charge in [-0.2, -0.15) is 0 Å². The molecule has 0 spiro atoms. The number of amides is 1. The minimum Gasteiger partial charge on any atom is -0.393 e. The number of rotatable bonds is 6. The molecule has 2 fully saturated rings.